The number of fused-ring (bicyclic) bond motifs is 1. The van der Waals surface area contributed by atoms with Gasteiger partial charge in [-0.05, 0) is 54.4 Å². The maximum Gasteiger partial charge on any atom is 0.134 e. The fourth-order valence-electron chi connectivity index (χ4n) is 3.59. The van der Waals surface area contributed by atoms with Gasteiger partial charge >= 0.3 is 0 Å². The van der Waals surface area contributed by atoms with Crippen LogP contribution >= 0.6 is 11.3 Å². The summed E-state index contributed by atoms with van der Waals surface area (Å²) in [6.07, 6.45) is 4.90. The van der Waals surface area contributed by atoms with Crippen molar-refractivity contribution in [2.24, 2.45) is 16.3 Å². The van der Waals surface area contributed by atoms with Crippen LogP contribution in [-0.2, 0) is 12.8 Å². The third-order valence-corrected chi connectivity index (χ3v) is 6.50. The van der Waals surface area contributed by atoms with Crippen LogP contribution in [0.3, 0.4) is 0 Å². The van der Waals surface area contributed by atoms with E-state index in [2.05, 4.69) is 31.8 Å². The van der Waals surface area contributed by atoms with Gasteiger partial charge in [0.15, 0.2) is 0 Å². The number of rotatable bonds is 4. The van der Waals surface area contributed by atoms with Gasteiger partial charge in [-0.2, -0.15) is 5.26 Å². The number of thiophene rings is 1. The Labute approximate surface area is 165 Å². The maximum absolute atomic E-state index is 9.71. The standard InChI is InChI=1S/C22H26N2O2S/c1-22(2,3)15-6-8-17-18(12-23)21(27-20(17)11-15)24-13-14-10-16(25-4)7-9-19(14)26-5/h7,9-10,13,15H,6,8,11H2,1-5H3/t15-/m1/s1. The highest BCUT2D eigenvalue weighted by molar-refractivity contribution is 7.16. The van der Waals surface area contributed by atoms with Crippen molar-refractivity contribution < 1.29 is 9.47 Å². The zero-order valence-corrected chi connectivity index (χ0v) is 17.4. The van der Waals surface area contributed by atoms with E-state index in [0.29, 0.717) is 5.92 Å². The van der Waals surface area contributed by atoms with Gasteiger partial charge in [0.1, 0.15) is 22.6 Å². The molecule has 0 radical (unpaired) electrons. The van der Waals surface area contributed by atoms with Crippen LogP contribution in [0.25, 0.3) is 0 Å². The molecule has 0 amide bonds. The lowest BCUT2D eigenvalue weighted by molar-refractivity contribution is 0.218. The smallest absolute Gasteiger partial charge is 0.134 e. The molecule has 0 bridgehead atoms. The number of hydrogen-bond acceptors (Lipinski definition) is 5. The molecule has 0 aliphatic heterocycles. The Kier molecular flexibility index (Phi) is 5.57. The normalized spacial score (nSPS) is 16.8. The van der Waals surface area contributed by atoms with Gasteiger partial charge in [0, 0.05) is 16.7 Å². The number of nitriles is 1. The van der Waals surface area contributed by atoms with Crippen LogP contribution in [0.15, 0.2) is 23.2 Å². The highest BCUT2D eigenvalue weighted by Crippen LogP contribution is 2.45. The fourth-order valence-corrected chi connectivity index (χ4v) is 4.81. The van der Waals surface area contributed by atoms with Crippen LogP contribution < -0.4 is 9.47 Å². The van der Waals surface area contributed by atoms with E-state index >= 15 is 0 Å². The van der Waals surface area contributed by atoms with Crippen molar-refractivity contribution in [3.05, 3.63) is 39.8 Å². The average molecular weight is 383 g/mol. The van der Waals surface area contributed by atoms with Gasteiger partial charge in [-0.25, -0.2) is 4.99 Å². The molecule has 3 rings (SSSR count). The molecule has 27 heavy (non-hydrogen) atoms. The van der Waals surface area contributed by atoms with Gasteiger partial charge in [0.25, 0.3) is 0 Å². The first kappa shape index (κ1) is 19.4. The van der Waals surface area contributed by atoms with Crippen molar-refractivity contribution in [2.75, 3.05) is 14.2 Å². The molecular formula is C22H26N2O2S. The van der Waals surface area contributed by atoms with Gasteiger partial charge < -0.3 is 9.47 Å². The predicted molar refractivity (Wildman–Crippen MR) is 111 cm³/mol. The second kappa shape index (κ2) is 7.74. The highest BCUT2D eigenvalue weighted by atomic mass is 32.1. The molecule has 5 heteroatoms. The summed E-state index contributed by atoms with van der Waals surface area (Å²) in [6.45, 7) is 6.90. The molecule has 1 atom stereocenters. The zero-order chi connectivity index (χ0) is 19.6. The van der Waals surface area contributed by atoms with Gasteiger partial charge in [0.05, 0.1) is 19.8 Å². The lowest BCUT2D eigenvalue weighted by Gasteiger charge is -2.33. The molecule has 1 aliphatic carbocycles. The molecule has 0 saturated carbocycles. The molecule has 0 saturated heterocycles. The Bertz CT molecular complexity index is 900. The number of nitrogens with zero attached hydrogens (tertiary/aromatic N) is 2. The molecule has 0 fully saturated rings. The van der Waals surface area contributed by atoms with E-state index in [1.54, 1.807) is 31.8 Å². The number of aliphatic imine (C=N–C) groups is 1. The van der Waals surface area contributed by atoms with Crippen LogP contribution in [0.1, 0.15) is 48.8 Å². The van der Waals surface area contributed by atoms with Crippen molar-refractivity contribution in [1.29, 1.82) is 5.26 Å². The number of methoxy groups -OCH3 is 2. The quantitative estimate of drug-likeness (QED) is 0.653. The zero-order valence-electron chi connectivity index (χ0n) is 16.6. The van der Waals surface area contributed by atoms with Crippen molar-refractivity contribution in [2.45, 2.75) is 40.0 Å². The van der Waals surface area contributed by atoms with Crippen LogP contribution in [-0.4, -0.2) is 20.4 Å². The van der Waals surface area contributed by atoms with E-state index in [9.17, 15) is 5.26 Å². The molecule has 0 unspecified atom stereocenters. The SMILES string of the molecule is COc1ccc(OC)c(C=Nc2sc3c(c2C#N)CC[C@@H](C(C)(C)C)C3)c1. The third kappa shape index (κ3) is 4.01. The van der Waals surface area contributed by atoms with E-state index < -0.39 is 0 Å². The van der Waals surface area contributed by atoms with Crippen molar-refractivity contribution in [1.82, 2.24) is 0 Å². The van der Waals surface area contributed by atoms with Crippen LogP contribution in [0, 0.1) is 22.7 Å². The van der Waals surface area contributed by atoms with Gasteiger partial charge in [-0.15, -0.1) is 11.3 Å². The van der Waals surface area contributed by atoms with E-state index in [1.165, 1.54) is 10.4 Å². The topological polar surface area (TPSA) is 54.6 Å². The summed E-state index contributed by atoms with van der Waals surface area (Å²) in [5, 5.41) is 10.5. The number of benzene rings is 1. The summed E-state index contributed by atoms with van der Waals surface area (Å²) in [4.78, 5) is 5.98. The predicted octanol–water partition coefficient (Wildman–Crippen LogP) is 5.54. The van der Waals surface area contributed by atoms with Crippen LogP contribution in [0.5, 0.6) is 11.5 Å². The summed E-state index contributed by atoms with van der Waals surface area (Å²) in [7, 11) is 3.27. The molecule has 1 aliphatic rings. The van der Waals surface area contributed by atoms with Crippen LogP contribution in [0.2, 0.25) is 0 Å². The summed E-state index contributed by atoms with van der Waals surface area (Å²) >= 11 is 1.66. The summed E-state index contributed by atoms with van der Waals surface area (Å²) in [5.74, 6) is 2.12. The summed E-state index contributed by atoms with van der Waals surface area (Å²) in [6, 6.07) is 7.99. The van der Waals surface area contributed by atoms with Gasteiger partial charge in [0.2, 0.25) is 0 Å². The average Bonchev–Trinajstić information content (AvgIpc) is 3.01. The van der Waals surface area contributed by atoms with Crippen molar-refractivity contribution in [3.63, 3.8) is 0 Å². The second-order valence-corrected chi connectivity index (χ2v) is 9.05. The monoisotopic (exact) mass is 382 g/mol. The van der Waals surface area contributed by atoms with Crippen molar-refractivity contribution in [3.8, 4) is 17.6 Å². The van der Waals surface area contributed by atoms with Gasteiger partial charge in [-0.3, -0.25) is 0 Å². The minimum Gasteiger partial charge on any atom is -0.497 e. The Morgan fingerprint density at radius 1 is 1.26 bits per heavy atom. The highest BCUT2D eigenvalue weighted by Gasteiger charge is 2.32. The minimum absolute atomic E-state index is 0.284. The van der Waals surface area contributed by atoms with E-state index in [-0.39, 0.29) is 5.41 Å². The molecule has 4 nitrogen and oxygen atoms in total. The largest absolute Gasteiger partial charge is 0.497 e. The van der Waals surface area contributed by atoms with Crippen molar-refractivity contribution >= 4 is 22.6 Å². The molecular weight excluding hydrogens is 356 g/mol. The Hall–Kier alpha value is -2.32. The first-order valence-corrected chi connectivity index (χ1v) is 9.99. The first-order valence-electron chi connectivity index (χ1n) is 9.18. The van der Waals surface area contributed by atoms with Crippen LogP contribution in [0.4, 0.5) is 5.00 Å². The molecule has 142 valence electrons. The number of hydrogen-bond donors (Lipinski definition) is 0. The minimum atomic E-state index is 0.284. The lowest BCUT2D eigenvalue weighted by Crippen LogP contribution is -2.26. The molecule has 1 aromatic carbocycles. The molecule has 1 aromatic heterocycles. The summed E-state index contributed by atoms with van der Waals surface area (Å²) in [5.41, 5.74) is 3.05. The van der Waals surface area contributed by atoms with E-state index in [4.69, 9.17) is 9.47 Å². The lowest BCUT2D eigenvalue weighted by atomic mass is 9.72. The molecule has 0 spiro atoms. The molecule has 1 heterocycles. The summed E-state index contributed by atoms with van der Waals surface area (Å²) < 4.78 is 10.7. The fraction of sp³-hybridized carbons (Fsp3) is 0.455. The molecule has 2 aromatic rings. The van der Waals surface area contributed by atoms with E-state index in [0.717, 1.165) is 46.9 Å². The second-order valence-electron chi connectivity index (χ2n) is 7.97. The van der Waals surface area contributed by atoms with Gasteiger partial charge in [-0.1, -0.05) is 20.8 Å². The third-order valence-electron chi connectivity index (χ3n) is 5.34. The molecule has 0 N–H and O–H groups in total. The maximum atomic E-state index is 9.71. The van der Waals surface area contributed by atoms with E-state index in [1.807, 2.05) is 18.2 Å². The Balaban J connectivity index is 1.94. The Morgan fingerprint density at radius 3 is 2.67 bits per heavy atom. The number of ether oxygens (including phenoxy) is 2. The first-order chi connectivity index (χ1) is 12.9. The Morgan fingerprint density at radius 2 is 2.04 bits per heavy atom.